The van der Waals surface area contributed by atoms with Crippen molar-refractivity contribution < 1.29 is 17.6 Å². The fourth-order valence-corrected chi connectivity index (χ4v) is 4.56. The van der Waals surface area contributed by atoms with Crippen LogP contribution in [0.25, 0.3) is 0 Å². The number of hydrogen-bond donors (Lipinski definition) is 1. The Labute approximate surface area is 158 Å². The normalized spacial score (nSPS) is 16.1. The summed E-state index contributed by atoms with van der Waals surface area (Å²) in [4.78, 5) is 12.2. The lowest BCUT2D eigenvalue weighted by atomic mass is 9.98. The van der Waals surface area contributed by atoms with E-state index >= 15 is 0 Å². The molecule has 2 aromatic rings. The van der Waals surface area contributed by atoms with Crippen LogP contribution in [-0.2, 0) is 15.0 Å². The maximum absolute atomic E-state index is 13.6. The molecule has 1 amide bonds. The Morgan fingerprint density at radius 3 is 2.56 bits per heavy atom. The summed E-state index contributed by atoms with van der Waals surface area (Å²) in [5.41, 5.74) is 1.77. The maximum Gasteiger partial charge on any atom is 0.326 e. The molecule has 8 heteroatoms. The Balaban J connectivity index is 1.60. The van der Waals surface area contributed by atoms with Gasteiger partial charge in [-0.15, -0.1) is 0 Å². The summed E-state index contributed by atoms with van der Waals surface area (Å²) in [7, 11) is -2.33. The van der Waals surface area contributed by atoms with Gasteiger partial charge >= 0.3 is 10.2 Å². The quantitative estimate of drug-likeness (QED) is 0.823. The number of carbonyl (C=O) groups excluding carboxylic acids is 1. The molecule has 1 atom stereocenters. The van der Waals surface area contributed by atoms with Gasteiger partial charge in [-0.25, -0.2) is 8.70 Å². The summed E-state index contributed by atoms with van der Waals surface area (Å²) in [5.74, 6) is -0.608. The molecule has 2 aromatic carbocycles. The maximum atomic E-state index is 13.6. The fraction of sp³-hybridized carbons (Fsp3) is 0.316. The van der Waals surface area contributed by atoms with Crippen LogP contribution in [0, 0.1) is 5.82 Å². The molecule has 0 aromatic heterocycles. The average molecular weight is 391 g/mol. The summed E-state index contributed by atoms with van der Waals surface area (Å²) < 4.78 is 40.8. The van der Waals surface area contributed by atoms with Crippen LogP contribution in [0.15, 0.2) is 48.5 Å². The van der Waals surface area contributed by atoms with Gasteiger partial charge in [0.2, 0.25) is 5.91 Å². The van der Waals surface area contributed by atoms with Crippen LogP contribution in [0.3, 0.4) is 0 Å². The fourth-order valence-electron chi connectivity index (χ4n) is 3.14. The molecule has 1 aliphatic heterocycles. The Morgan fingerprint density at radius 1 is 1.15 bits per heavy atom. The van der Waals surface area contributed by atoms with Crippen molar-refractivity contribution >= 4 is 27.5 Å². The molecule has 0 fully saturated rings. The Kier molecular flexibility index (Phi) is 5.36. The van der Waals surface area contributed by atoms with E-state index in [0.717, 1.165) is 14.2 Å². The molecule has 6 nitrogen and oxygen atoms in total. The number of rotatable bonds is 6. The summed E-state index contributed by atoms with van der Waals surface area (Å²) in [6.45, 7) is 2.14. The molecule has 0 aliphatic carbocycles. The van der Waals surface area contributed by atoms with Crippen LogP contribution < -0.4 is 13.9 Å². The van der Waals surface area contributed by atoms with Crippen molar-refractivity contribution in [2.45, 2.75) is 19.3 Å². The second-order valence-electron chi connectivity index (χ2n) is 6.55. The van der Waals surface area contributed by atoms with Crippen molar-refractivity contribution in [1.29, 1.82) is 0 Å². The zero-order chi connectivity index (χ0) is 19.6. The van der Waals surface area contributed by atoms with Crippen molar-refractivity contribution in [1.82, 2.24) is 5.32 Å². The molecule has 144 valence electrons. The largest absolute Gasteiger partial charge is 0.354 e. The molecule has 3 rings (SSSR count). The molecule has 1 aliphatic rings. The first-order valence-corrected chi connectivity index (χ1v) is 10.1. The second-order valence-corrected chi connectivity index (χ2v) is 8.43. The number of fused-ring (bicyclic) bond motifs is 1. The van der Waals surface area contributed by atoms with Crippen molar-refractivity contribution in [3.63, 3.8) is 0 Å². The highest BCUT2D eigenvalue weighted by atomic mass is 32.2. The molecule has 1 N–H and O–H groups in total. The number of nitrogens with zero attached hydrogens (tertiary/aromatic N) is 2. The highest BCUT2D eigenvalue weighted by Gasteiger charge is 2.37. The minimum atomic E-state index is -3.76. The topological polar surface area (TPSA) is 69.7 Å². The van der Waals surface area contributed by atoms with Crippen molar-refractivity contribution in [3.8, 4) is 0 Å². The van der Waals surface area contributed by atoms with Crippen LogP contribution in [-0.4, -0.2) is 34.5 Å². The number of carbonyl (C=O) groups is 1. The molecule has 0 bridgehead atoms. The van der Waals surface area contributed by atoms with Gasteiger partial charge in [-0.3, -0.25) is 9.10 Å². The second kappa shape index (κ2) is 7.56. The molecule has 0 saturated heterocycles. The number of hydrogen-bond acceptors (Lipinski definition) is 3. The van der Waals surface area contributed by atoms with E-state index in [1.807, 2.05) is 37.3 Å². The Bertz CT molecular complexity index is 934. The molecule has 1 heterocycles. The van der Waals surface area contributed by atoms with E-state index in [-0.39, 0.29) is 30.6 Å². The molecular formula is C19H22FN3O3S. The van der Waals surface area contributed by atoms with Crippen LogP contribution in [0.2, 0.25) is 0 Å². The number of nitrogens with one attached hydrogen (secondary N) is 1. The van der Waals surface area contributed by atoms with Gasteiger partial charge in [0.05, 0.1) is 17.9 Å². The third kappa shape index (κ3) is 3.90. The third-order valence-electron chi connectivity index (χ3n) is 4.67. The van der Waals surface area contributed by atoms with E-state index in [1.165, 1.54) is 25.2 Å². The first kappa shape index (κ1) is 19.2. The standard InChI is InChI=1S/C19H22FN3O3S/c1-14(15-6-4-3-5-7-15)12-19(24)21-10-11-23-18-13-16(20)8-9-17(18)22(2)27(23,25)26/h3-9,13-14H,10-12H2,1-2H3,(H,21,24). The van der Waals surface area contributed by atoms with Gasteiger partial charge < -0.3 is 5.32 Å². The van der Waals surface area contributed by atoms with Crippen molar-refractivity contribution in [3.05, 3.63) is 59.9 Å². The monoisotopic (exact) mass is 391 g/mol. The predicted octanol–water partition coefficient (Wildman–Crippen LogP) is 2.64. The van der Waals surface area contributed by atoms with Gasteiger partial charge in [0.15, 0.2) is 0 Å². The van der Waals surface area contributed by atoms with Gasteiger partial charge in [-0.05, 0) is 23.6 Å². The highest BCUT2D eigenvalue weighted by Crippen LogP contribution is 2.39. The summed E-state index contributed by atoms with van der Waals surface area (Å²) >= 11 is 0. The third-order valence-corrected chi connectivity index (χ3v) is 6.49. The Morgan fingerprint density at radius 2 is 1.85 bits per heavy atom. The smallest absolute Gasteiger partial charge is 0.326 e. The molecular weight excluding hydrogens is 369 g/mol. The summed E-state index contributed by atoms with van der Waals surface area (Å²) in [6.07, 6.45) is 0.307. The van der Waals surface area contributed by atoms with E-state index in [4.69, 9.17) is 0 Å². The molecule has 0 radical (unpaired) electrons. The lowest BCUT2D eigenvalue weighted by molar-refractivity contribution is -0.121. The summed E-state index contributed by atoms with van der Waals surface area (Å²) in [6, 6.07) is 13.6. The van der Waals surface area contributed by atoms with E-state index in [9.17, 15) is 17.6 Å². The van der Waals surface area contributed by atoms with E-state index in [0.29, 0.717) is 12.1 Å². The van der Waals surface area contributed by atoms with Gasteiger partial charge in [-0.1, -0.05) is 37.3 Å². The van der Waals surface area contributed by atoms with Crippen LogP contribution in [0.4, 0.5) is 15.8 Å². The van der Waals surface area contributed by atoms with Crippen LogP contribution >= 0.6 is 0 Å². The van der Waals surface area contributed by atoms with Gasteiger partial charge in [0.1, 0.15) is 5.82 Å². The highest BCUT2D eigenvalue weighted by molar-refractivity contribution is 7.94. The van der Waals surface area contributed by atoms with Gasteiger partial charge in [0.25, 0.3) is 0 Å². The number of anilines is 2. The lowest BCUT2D eigenvalue weighted by Gasteiger charge is -2.19. The number of benzene rings is 2. The van der Waals surface area contributed by atoms with Crippen LogP contribution in [0.1, 0.15) is 24.8 Å². The van der Waals surface area contributed by atoms with E-state index in [1.54, 1.807) is 0 Å². The lowest BCUT2D eigenvalue weighted by Crippen LogP contribution is -2.40. The zero-order valence-corrected chi connectivity index (χ0v) is 16.0. The summed E-state index contributed by atoms with van der Waals surface area (Å²) in [5, 5.41) is 2.75. The molecule has 27 heavy (non-hydrogen) atoms. The molecule has 0 saturated carbocycles. The first-order chi connectivity index (χ1) is 12.8. The molecule has 1 unspecified atom stereocenters. The first-order valence-electron chi connectivity index (χ1n) is 8.68. The van der Waals surface area contributed by atoms with Crippen molar-refractivity contribution in [2.24, 2.45) is 0 Å². The minimum Gasteiger partial charge on any atom is -0.354 e. The van der Waals surface area contributed by atoms with Crippen molar-refractivity contribution in [2.75, 3.05) is 28.7 Å². The Hall–Kier alpha value is -2.61. The average Bonchev–Trinajstić information content (AvgIpc) is 2.82. The number of halogens is 1. The van der Waals surface area contributed by atoms with E-state index in [2.05, 4.69) is 5.32 Å². The molecule has 0 spiro atoms. The SMILES string of the molecule is CC(CC(=O)NCCN1c2cc(F)ccc2N(C)S1(=O)=O)c1ccccc1. The minimum absolute atomic E-state index is 0.0363. The zero-order valence-electron chi connectivity index (χ0n) is 15.2. The predicted molar refractivity (Wildman–Crippen MR) is 104 cm³/mol. The van der Waals surface area contributed by atoms with Gasteiger partial charge in [0, 0.05) is 26.1 Å². The van der Waals surface area contributed by atoms with Crippen LogP contribution in [0.5, 0.6) is 0 Å². The van der Waals surface area contributed by atoms with Gasteiger partial charge in [-0.2, -0.15) is 8.42 Å². The number of amides is 1. The van der Waals surface area contributed by atoms with E-state index < -0.39 is 16.0 Å².